The summed E-state index contributed by atoms with van der Waals surface area (Å²) in [6.07, 6.45) is 1.68. The first-order chi connectivity index (χ1) is 6.34. The number of furan rings is 1. The number of hydrogen-bond acceptors (Lipinski definition) is 2. The van der Waals surface area contributed by atoms with Gasteiger partial charge in [-0.2, -0.15) is 0 Å². The zero-order valence-electron chi connectivity index (χ0n) is 6.74. The third kappa shape index (κ3) is 2.39. The van der Waals surface area contributed by atoms with Crippen LogP contribution >= 0.6 is 27.7 Å². The van der Waals surface area contributed by atoms with Gasteiger partial charge in [0.2, 0.25) is 0 Å². The number of halogens is 1. The molecule has 2 rings (SSSR count). The van der Waals surface area contributed by atoms with E-state index in [0.717, 1.165) is 9.56 Å². The zero-order chi connectivity index (χ0) is 9.10. The van der Waals surface area contributed by atoms with Crippen LogP contribution in [0.4, 0.5) is 0 Å². The molecule has 2 aromatic rings. The molecular weight excluding hydrogens is 248 g/mol. The molecule has 0 saturated carbocycles. The SMILES string of the molecule is Brc1ccc(Sc2ccco2)cc1. The fourth-order valence-corrected chi connectivity index (χ4v) is 1.96. The van der Waals surface area contributed by atoms with Gasteiger partial charge in [-0.05, 0) is 36.4 Å². The average Bonchev–Trinajstić information content (AvgIpc) is 2.62. The van der Waals surface area contributed by atoms with Gasteiger partial charge >= 0.3 is 0 Å². The van der Waals surface area contributed by atoms with Crippen molar-refractivity contribution in [1.29, 1.82) is 0 Å². The van der Waals surface area contributed by atoms with E-state index in [1.54, 1.807) is 18.0 Å². The minimum absolute atomic E-state index is 0.919. The van der Waals surface area contributed by atoms with Gasteiger partial charge in [-0.15, -0.1) is 0 Å². The van der Waals surface area contributed by atoms with Crippen LogP contribution in [0.2, 0.25) is 0 Å². The number of benzene rings is 1. The van der Waals surface area contributed by atoms with Crippen molar-refractivity contribution in [3.8, 4) is 0 Å². The Labute approximate surface area is 89.3 Å². The predicted molar refractivity (Wildman–Crippen MR) is 57.0 cm³/mol. The minimum Gasteiger partial charge on any atom is -0.458 e. The predicted octanol–water partition coefficient (Wildman–Crippen LogP) is 4.19. The number of rotatable bonds is 2. The molecule has 0 aliphatic rings. The molecule has 0 saturated heterocycles. The minimum atomic E-state index is 0.919. The quantitative estimate of drug-likeness (QED) is 0.798. The van der Waals surface area contributed by atoms with Gasteiger partial charge in [-0.3, -0.25) is 0 Å². The van der Waals surface area contributed by atoms with Crippen LogP contribution in [0.5, 0.6) is 0 Å². The fraction of sp³-hybridized carbons (Fsp3) is 0. The molecule has 66 valence electrons. The lowest BCUT2D eigenvalue weighted by atomic mass is 10.4. The molecule has 1 aromatic heterocycles. The van der Waals surface area contributed by atoms with Gasteiger partial charge in [0.25, 0.3) is 0 Å². The monoisotopic (exact) mass is 254 g/mol. The van der Waals surface area contributed by atoms with E-state index >= 15 is 0 Å². The molecule has 3 heteroatoms. The highest BCUT2D eigenvalue weighted by molar-refractivity contribution is 9.10. The van der Waals surface area contributed by atoms with E-state index in [1.807, 2.05) is 24.3 Å². The van der Waals surface area contributed by atoms with Crippen molar-refractivity contribution < 1.29 is 4.42 Å². The average molecular weight is 255 g/mol. The molecule has 1 nitrogen and oxygen atoms in total. The fourth-order valence-electron chi connectivity index (χ4n) is 0.940. The summed E-state index contributed by atoms with van der Waals surface area (Å²) in [7, 11) is 0. The van der Waals surface area contributed by atoms with Gasteiger partial charge in [0.1, 0.15) is 0 Å². The summed E-state index contributed by atoms with van der Waals surface area (Å²) in [5.41, 5.74) is 0. The second-order valence-electron chi connectivity index (χ2n) is 2.49. The summed E-state index contributed by atoms with van der Waals surface area (Å²) in [6.45, 7) is 0. The summed E-state index contributed by atoms with van der Waals surface area (Å²) in [6, 6.07) is 12.0. The standard InChI is InChI=1S/C10H7BrOS/c11-8-3-5-9(6-4-8)13-10-2-1-7-12-10/h1-7H. The molecule has 0 atom stereocenters. The molecule has 1 aromatic carbocycles. The Bertz CT molecular complexity index is 366. The Kier molecular flexibility index (Phi) is 2.76. The third-order valence-electron chi connectivity index (χ3n) is 1.53. The second-order valence-corrected chi connectivity index (χ2v) is 4.48. The molecule has 0 fully saturated rings. The largest absolute Gasteiger partial charge is 0.458 e. The van der Waals surface area contributed by atoms with Crippen molar-refractivity contribution in [3.63, 3.8) is 0 Å². The van der Waals surface area contributed by atoms with Crippen LogP contribution in [-0.2, 0) is 0 Å². The maximum atomic E-state index is 5.22. The summed E-state index contributed by atoms with van der Waals surface area (Å²) >= 11 is 5.01. The first kappa shape index (κ1) is 8.91. The molecule has 0 spiro atoms. The van der Waals surface area contributed by atoms with Crippen LogP contribution in [0.25, 0.3) is 0 Å². The van der Waals surface area contributed by atoms with Crippen LogP contribution in [-0.4, -0.2) is 0 Å². The summed E-state index contributed by atoms with van der Waals surface area (Å²) in [5.74, 6) is 0. The highest BCUT2D eigenvalue weighted by Crippen LogP contribution is 2.28. The Balaban J connectivity index is 2.15. The van der Waals surface area contributed by atoms with Gasteiger partial charge in [0.15, 0.2) is 5.09 Å². The zero-order valence-corrected chi connectivity index (χ0v) is 9.14. The maximum Gasteiger partial charge on any atom is 0.164 e. The molecule has 0 N–H and O–H groups in total. The third-order valence-corrected chi connectivity index (χ3v) is 3.00. The van der Waals surface area contributed by atoms with E-state index < -0.39 is 0 Å². The lowest BCUT2D eigenvalue weighted by Crippen LogP contribution is -1.69. The molecule has 0 amide bonds. The normalized spacial score (nSPS) is 10.2. The Morgan fingerprint density at radius 2 is 1.85 bits per heavy atom. The Morgan fingerprint density at radius 1 is 1.08 bits per heavy atom. The molecule has 0 unspecified atom stereocenters. The first-order valence-electron chi connectivity index (χ1n) is 3.81. The Morgan fingerprint density at radius 3 is 2.46 bits per heavy atom. The van der Waals surface area contributed by atoms with E-state index in [9.17, 15) is 0 Å². The lowest BCUT2D eigenvalue weighted by Gasteiger charge is -1.96. The van der Waals surface area contributed by atoms with E-state index in [2.05, 4.69) is 28.1 Å². The molecule has 13 heavy (non-hydrogen) atoms. The molecule has 0 aliphatic heterocycles. The van der Waals surface area contributed by atoms with Crippen molar-refractivity contribution in [2.24, 2.45) is 0 Å². The van der Waals surface area contributed by atoms with Crippen molar-refractivity contribution >= 4 is 27.7 Å². The molecule has 1 heterocycles. The maximum absolute atomic E-state index is 5.22. The van der Waals surface area contributed by atoms with Crippen molar-refractivity contribution in [2.75, 3.05) is 0 Å². The molecular formula is C10H7BrOS. The summed E-state index contributed by atoms with van der Waals surface area (Å²) in [5, 5.41) is 0.919. The van der Waals surface area contributed by atoms with Gasteiger partial charge in [-0.1, -0.05) is 27.7 Å². The van der Waals surface area contributed by atoms with Crippen LogP contribution in [0.3, 0.4) is 0 Å². The Hall–Kier alpha value is -0.670. The molecule has 0 radical (unpaired) electrons. The number of hydrogen-bond donors (Lipinski definition) is 0. The van der Waals surface area contributed by atoms with Gasteiger partial charge < -0.3 is 4.42 Å². The molecule has 0 aliphatic carbocycles. The van der Waals surface area contributed by atoms with Crippen LogP contribution in [0, 0.1) is 0 Å². The highest BCUT2D eigenvalue weighted by Gasteiger charge is 1.98. The summed E-state index contributed by atoms with van der Waals surface area (Å²) in [4.78, 5) is 1.18. The van der Waals surface area contributed by atoms with E-state index in [4.69, 9.17) is 4.42 Å². The van der Waals surface area contributed by atoms with E-state index in [0.29, 0.717) is 0 Å². The van der Waals surface area contributed by atoms with Gasteiger partial charge in [-0.25, -0.2) is 0 Å². The van der Waals surface area contributed by atoms with Gasteiger partial charge in [0, 0.05) is 9.37 Å². The summed E-state index contributed by atoms with van der Waals surface area (Å²) < 4.78 is 6.31. The van der Waals surface area contributed by atoms with Crippen LogP contribution < -0.4 is 0 Å². The van der Waals surface area contributed by atoms with Crippen LogP contribution in [0.15, 0.2) is 61.5 Å². The van der Waals surface area contributed by atoms with E-state index in [-0.39, 0.29) is 0 Å². The van der Waals surface area contributed by atoms with Crippen LogP contribution in [0.1, 0.15) is 0 Å². The highest BCUT2D eigenvalue weighted by atomic mass is 79.9. The smallest absolute Gasteiger partial charge is 0.164 e. The second kappa shape index (κ2) is 4.03. The van der Waals surface area contributed by atoms with Crippen molar-refractivity contribution in [3.05, 3.63) is 47.1 Å². The first-order valence-corrected chi connectivity index (χ1v) is 5.42. The van der Waals surface area contributed by atoms with Crippen molar-refractivity contribution in [2.45, 2.75) is 9.99 Å². The lowest BCUT2D eigenvalue weighted by molar-refractivity contribution is 0.474. The van der Waals surface area contributed by atoms with Gasteiger partial charge in [0.05, 0.1) is 6.26 Å². The van der Waals surface area contributed by atoms with E-state index in [1.165, 1.54) is 4.90 Å². The topological polar surface area (TPSA) is 13.1 Å². The molecule has 0 bridgehead atoms. The van der Waals surface area contributed by atoms with Crippen molar-refractivity contribution in [1.82, 2.24) is 0 Å².